The zero-order valence-corrected chi connectivity index (χ0v) is 16.0. The van der Waals surface area contributed by atoms with Crippen LogP contribution in [0.1, 0.15) is 16.8 Å². The Kier molecular flexibility index (Phi) is 4.81. The lowest BCUT2D eigenvalue weighted by atomic mass is 9.95. The summed E-state index contributed by atoms with van der Waals surface area (Å²) in [6.07, 6.45) is 2.42. The molecular weight excluding hydrogens is 394 g/mol. The SMILES string of the molecule is COc1ncc(-c2ccc(C(=O)N3CC(F)(F)C[C@H]3C(N)=O)c3ccccc23)cn1. The second-order valence-electron chi connectivity index (χ2n) is 7.08. The van der Waals surface area contributed by atoms with E-state index < -0.39 is 36.7 Å². The molecule has 7 nitrogen and oxygen atoms in total. The summed E-state index contributed by atoms with van der Waals surface area (Å²) in [6, 6.07) is 9.23. The molecule has 2 amide bonds. The van der Waals surface area contributed by atoms with Crippen LogP contribution in [0, 0.1) is 0 Å². The predicted molar refractivity (Wildman–Crippen MR) is 105 cm³/mol. The lowest BCUT2D eigenvalue weighted by Crippen LogP contribution is -2.43. The molecule has 2 heterocycles. The van der Waals surface area contributed by atoms with Crippen LogP contribution in [0.25, 0.3) is 21.9 Å². The number of fused-ring (bicyclic) bond motifs is 1. The van der Waals surface area contributed by atoms with E-state index in [9.17, 15) is 18.4 Å². The number of alkyl halides is 2. The van der Waals surface area contributed by atoms with Crippen molar-refractivity contribution in [2.24, 2.45) is 5.73 Å². The zero-order chi connectivity index (χ0) is 21.5. The number of hydrogen-bond donors (Lipinski definition) is 1. The quantitative estimate of drug-likeness (QED) is 0.710. The van der Waals surface area contributed by atoms with E-state index in [-0.39, 0.29) is 11.6 Å². The highest BCUT2D eigenvalue weighted by atomic mass is 19.3. The minimum absolute atomic E-state index is 0.215. The summed E-state index contributed by atoms with van der Waals surface area (Å²) in [6.45, 7) is -0.845. The number of carbonyl (C=O) groups is 2. The summed E-state index contributed by atoms with van der Waals surface area (Å²) >= 11 is 0. The standard InChI is InChI=1S/C21H18F2N4O3/c1-30-20-25-9-12(10-26-20)13-6-7-16(15-5-3-2-4-14(13)15)19(29)27-11-21(22,23)8-17(27)18(24)28/h2-7,9-10,17H,8,11H2,1H3,(H2,24,28)/t17-/m0/s1. The van der Waals surface area contributed by atoms with Gasteiger partial charge in [0, 0.05) is 29.9 Å². The fourth-order valence-corrected chi connectivity index (χ4v) is 3.74. The van der Waals surface area contributed by atoms with E-state index >= 15 is 0 Å². The van der Waals surface area contributed by atoms with Gasteiger partial charge in [0.1, 0.15) is 6.04 Å². The van der Waals surface area contributed by atoms with Crippen molar-refractivity contribution in [1.82, 2.24) is 14.9 Å². The molecule has 1 fully saturated rings. The van der Waals surface area contributed by atoms with Crippen molar-refractivity contribution in [3.8, 4) is 17.1 Å². The van der Waals surface area contributed by atoms with Crippen LogP contribution in [0.2, 0.25) is 0 Å². The largest absolute Gasteiger partial charge is 0.467 e. The predicted octanol–water partition coefficient (Wildman–Crippen LogP) is 2.64. The Morgan fingerprint density at radius 1 is 1.13 bits per heavy atom. The topological polar surface area (TPSA) is 98.4 Å². The van der Waals surface area contributed by atoms with Crippen LogP contribution in [0.5, 0.6) is 6.01 Å². The third-order valence-corrected chi connectivity index (χ3v) is 5.14. The molecule has 30 heavy (non-hydrogen) atoms. The van der Waals surface area contributed by atoms with Crippen molar-refractivity contribution in [2.45, 2.75) is 18.4 Å². The van der Waals surface area contributed by atoms with Gasteiger partial charge >= 0.3 is 6.01 Å². The van der Waals surface area contributed by atoms with E-state index in [0.717, 1.165) is 15.8 Å². The summed E-state index contributed by atoms with van der Waals surface area (Å²) in [4.78, 5) is 33.9. The number of primary amides is 1. The molecule has 0 spiro atoms. The Morgan fingerprint density at radius 3 is 2.43 bits per heavy atom. The molecule has 0 bridgehead atoms. The van der Waals surface area contributed by atoms with E-state index in [0.29, 0.717) is 10.9 Å². The van der Waals surface area contributed by atoms with Gasteiger partial charge in [-0.1, -0.05) is 30.3 Å². The second kappa shape index (κ2) is 7.33. The number of amides is 2. The number of hydrogen-bond acceptors (Lipinski definition) is 5. The van der Waals surface area contributed by atoms with Crippen molar-refractivity contribution in [3.05, 3.63) is 54.4 Å². The first-order chi connectivity index (χ1) is 14.3. The average molecular weight is 412 g/mol. The summed E-state index contributed by atoms with van der Waals surface area (Å²) < 4.78 is 32.8. The van der Waals surface area contributed by atoms with Crippen LogP contribution in [0.4, 0.5) is 8.78 Å². The second-order valence-corrected chi connectivity index (χ2v) is 7.08. The molecule has 1 aromatic heterocycles. The summed E-state index contributed by atoms with van der Waals surface area (Å²) in [7, 11) is 1.46. The maximum absolute atomic E-state index is 13.9. The van der Waals surface area contributed by atoms with Gasteiger partial charge in [0.2, 0.25) is 5.91 Å². The molecule has 1 aliphatic heterocycles. The van der Waals surface area contributed by atoms with Gasteiger partial charge < -0.3 is 15.4 Å². The fourth-order valence-electron chi connectivity index (χ4n) is 3.74. The molecule has 0 unspecified atom stereocenters. The highest BCUT2D eigenvalue weighted by Crippen LogP contribution is 2.36. The number of carbonyl (C=O) groups excluding carboxylic acids is 2. The smallest absolute Gasteiger partial charge is 0.316 e. The molecular formula is C21H18F2N4O3. The van der Waals surface area contributed by atoms with Crippen molar-refractivity contribution in [2.75, 3.05) is 13.7 Å². The third kappa shape index (κ3) is 3.42. The van der Waals surface area contributed by atoms with Crippen LogP contribution in [-0.2, 0) is 4.79 Å². The number of benzene rings is 2. The monoisotopic (exact) mass is 412 g/mol. The molecule has 1 saturated heterocycles. The number of likely N-dealkylation sites (tertiary alicyclic amines) is 1. The molecule has 0 aliphatic carbocycles. The van der Waals surface area contributed by atoms with Gasteiger partial charge in [0.05, 0.1) is 13.7 Å². The molecule has 0 saturated carbocycles. The highest BCUT2D eigenvalue weighted by Gasteiger charge is 2.49. The molecule has 4 rings (SSSR count). The van der Waals surface area contributed by atoms with E-state index in [1.807, 2.05) is 6.07 Å². The van der Waals surface area contributed by atoms with Crippen LogP contribution in [0.3, 0.4) is 0 Å². The normalized spacial score (nSPS) is 17.8. The van der Waals surface area contributed by atoms with Gasteiger partial charge in [0.25, 0.3) is 11.8 Å². The molecule has 1 aliphatic rings. The average Bonchev–Trinajstić information content (AvgIpc) is 3.08. The van der Waals surface area contributed by atoms with Gasteiger partial charge in [0.15, 0.2) is 0 Å². The maximum Gasteiger partial charge on any atom is 0.316 e. The lowest BCUT2D eigenvalue weighted by Gasteiger charge is -2.22. The van der Waals surface area contributed by atoms with Crippen LogP contribution in [-0.4, -0.2) is 52.3 Å². The number of ether oxygens (including phenoxy) is 1. The molecule has 9 heteroatoms. The molecule has 1 atom stereocenters. The Labute approximate surface area is 170 Å². The Bertz CT molecular complexity index is 1130. The van der Waals surface area contributed by atoms with Gasteiger partial charge in [-0.3, -0.25) is 9.59 Å². The van der Waals surface area contributed by atoms with Crippen molar-refractivity contribution in [1.29, 1.82) is 0 Å². The Hall–Kier alpha value is -3.62. The zero-order valence-electron chi connectivity index (χ0n) is 16.0. The summed E-state index contributed by atoms with van der Waals surface area (Å²) in [5, 5.41) is 1.29. The van der Waals surface area contributed by atoms with Gasteiger partial charge in [-0.15, -0.1) is 0 Å². The van der Waals surface area contributed by atoms with Gasteiger partial charge in [-0.05, 0) is 22.4 Å². The Balaban J connectivity index is 1.79. The number of halogens is 2. The number of aromatic nitrogens is 2. The van der Waals surface area contributed by atoms with Crippen LogP contribution in [0.15, 0.2) is 48.8 Å². The number of rotatable bonds is 4. The number of methoxy groups -OCH3 is 1. The van der Waals surface area contributed by atoms with E-state index in [2.05, 4.69) is 9.97 Å². The van der Waals surface area contributed by atoms with E-state index in [1.54, 1.807) is 42.7 Å². The van der Waals surface area contributed by atoms with Gasteiger partial charge in [-0.25, -0.2) is 18.7 Å². The van der Waals surface area contributed by atoms with E-state index in [4.69, 9.17) is 10.5 Å². The third-order valence-electron chi connectivity index (χ3n) is 5.14. The summed E-state index contributed by atoms with van der Waals surface area (Å²) in [5.74, 6) is -4.77. The lowest BCUT2D eigenvalue weighted by molar-refractivity contribution is -0.121. The summed E-state index contributed by atoms with van der Waals surface area (Å²) in [5.41, 5.74) is 6.96. The maximum atomic E-state index is 13.9. The van der Waals surface area contributed by atoms with Crippen LogP contribution < -0.4 is 10.5 Å². The molecule has 0 radical (unpaired) electrons. The van der Waals surface area contributed by atoms with Gasteiger partial charge in [-0.2, -0.15) is 0 Å². The van der Waals surface area contributed by atoms with Crippen molar-refractivity contribution >= 4 is 22.6 Å². The van der Waals surface area contributed by atoms with Crippen molar-refractivity contribution in [3.63, 3.8) is 0 Å². The molecule has 3 aromatic rings. The highest BCUT2D eigenvalue weighted by molar-refractivity contribution is 6.11. The molecule has 2 aromatic carbocycles. The minimum atomic E-state index is -3.16. The number of nitrogens with two attached hydrogens (primary N) is 1. The van der Waals surface area contributed by atoms with Crippen molar-refractivity contribution < 1.29 is 23.1 Å². The first-order valence-electron chi connectivity index (χ1n) is 9.17. The number of nitrogens with zero attached hydrogens (tertiary/aromatic N) is 3. The first-order valence-corrected chi connectivity index (χ1v) is 9.17. The molecule has 2 N–H and O–H groups in total. The van der Waals surface area contributed by atoms with E-state index in [1.165, 1.54) is 7.11 Å². The Morgan fingerprint density at radius 2 is 1.80 bits per heavy atom. The van der Waals surface area contributed by atoms with Crippen LogP contribution >= 0.6 is 0 Å². The fraction of sp³-hybridized carbons (Fsp3) is 0.238. The minimum Gasteiger partial charge on any atom is -0.467 e. The molecule has 154 valence electrons. The first kappa shape index (κ1) is 19.7.